The summed E-state index contributed by atoms with van der Waals surface area (Å²) in [5.74, 6) is 0.321. The molecule has 0 aliphatic carbocycles. The average molecular weight is 304 g/mol. The molecule has 84 valence electrons. The van der Waals surface area contributed by atoms with Crippen LogP contribution in [0.15, 0.2) is 13.8 Å². The Hall–Kier alpha value is -1.41. The van der Waals surface area contributed by atoms with E-state index in [4.69, 9.17) is 9.63 Å². The van der Waals surface area contributed by atoms with Crippen molar-refractivity contribution in [2.75, 3.05) is 5.32 Å². The van der Waals surface area contributed by atoms with Gasteiger partial charge in [-0.05, 0) is 22.9 Å². The summed E-state index contributed by atoms with van der Waals surface area (Å²) in [6.45, 7) is 1.65. The van der Waals surface area contributed by atoms with Crippen molar-refractivity contribution in [3.05, 3.63) is 15.0 Å². The maximum atomic E-state index is 10.6. The molecule has 1 amide bonds. The number of aromatic nitrogens is 2. The highest BCUT2D eigenvalue weighted by atomic mass is 79.9. The summed E-state index contributed by atoms with van der Waals surface area (Å²) < 4.78 is 5.74. The zero-order valence-corrected chi connectivity index (χ0v) is 10.4. The van der Waals surface area contributed by atoms with Gasteiger partial charge in [-0.2, -0.15) is 0 Å². The molecule has 2 N–H and O–H groups in total. The van der Waals surface area contributed by atoms with Gasteiger partial charge in [-0.3, -0.25) is 5.32 Å². The standard InChI is InChI=1S/C8H6BrN3O3S/c1-3-5(11-8(13)14)6(15-12-3)4-2-16-7(9)10-4/h2,11H,1H3,(H,13,14). The van der Waals surface area contributed by atoms with E-state index in [-0.39, 0.29) is 0 Å². The third kappa shape index (κ3) is 2.07. The molecule has 16 heavy (non-hydrogen) atoms. The Bertz CT molecular complexity index is 536. The molecule has 2 aromatic rings. The number of halogens is 1. The Labute approximate surface area is 102 Å². The van der Waals surface area contributed by atoms with Crippen molar-refractivity contribution < 1.29 is 14.4 Å². The predicted octanol–water partition coefficient (Wildman–Crippen LogP) is 2.96. The molecule has 0 radical (unpaired) electrons. The molecule has 2 rings (SSSR count). The Kier molecular flexibility index (Phi) is 2.92. The minimum absolute atomic E-state index is 0.321. The van der Waals surface area contributed by atoms with Crippen molar-refractivity contribution in [2.45, 2.75) is 6.92 Å². The van der Waals surface area contributed by atoms with Gasteiger partial charge in [-0.25, -0.2) is 9.78 Å². The van der Waals surface area contributed by atoms with Crippen LogP contribution in [0, 0.1) is 6.92 Å². The van der Waals surface area contributed by atoms with Crippen LogP contribution in [0.5, 0.6) is 0 Å². The molecule has 0 bridgehead atoms. The van der Waals surface area contributed by atoms with E-state index >= 15 is 0 Å². The van der Waals surface area contributed by atoms with E-state index in [2.05, 4.69) is 31.4 Å². The summed E-state index contributed by atoms with van der Waals surface area (Å²) in [6.07, 6.45) is -1.16. The molecular weight excluding hydrogens is 298 g/mol. The molecule has 0 saturated heterocycles. The van der Waals surface area contributed by atoms with E-state index < -0.39 is 6.09 Å². The Morgan fingerprint density at radius 1 is 1.69 bits per heavy atom. The Morgan fingerprint density at radius 2 is 2.44 bits per heavy atom. The smallest absolute Gasteiger partial charge is 0.409 e. The van der Waals surface area contributed by atoms with Crippen LogP contribution in [0.25, 0.3) is 11.5 Å². The Balaban J connectivity index is 2.45. The van der Waals surface area contributed by atoms with Crippen LogP contribution >= 0.6 is 27.3 Å². The molecule has 8 heteroatoms. The van der Waals surface area contributed by atoms with E-state index in [1.165, 1.54) is 11.3 Å². The molecule has 0 aromatic carbocycles. The first-order valence-corrected chi connectivity index (χ1v) is 5.83. The van der Waals surface area contributed by atoms with Crippen molar-refractivity contribution in [1.82, 2.24) is 10.1 Å². The fraction of sp³-hybridized carbons (Fsp3) is 0.125. The summed E-state index contributed by atoms with van der Waals surface area (Å²) in [6, 6.07) is 0. The number of hydrogen-bond acceptors (Lipinski definition) is 5. The highest BCUT2D eigenvalue weighted by molar-refractivity contribution is 9.11. The molecule has 0 unspecified atom stereocenters. The lowest BCUT2D eigenvalue weighted by molar-refractivity contribution is 0.209. The normalized spacial score (nSPS) is 10.4. The predicted molar refractivity (Wildman–Crippen MR) is 61.7 cm³/mol. The van der Waals surface area contributed by atoms with Crippen molar-refractivity contribution in [1.29, 1.82) is 0 Å². The number of nitrogens with one attached hydrogen (secondary N) is 1. The SMILES string of the molecule is Cc1noc(-c2csc(Br)n2)c1NC(=O)O. The second-order valence-electron chi connectivity index (χ2n) is 2.89. The third-order valence-electron chi connectivity index (χ3n) is 1.80. The molecule has 0 spiro atoms. The highest BCUT2D eigenvalue weighted by Crippen LogP contribution is 2.32. The maximum absolute atomic E-state index is 10.6. The van der Waals surface area contributed by atoms with Crippen LogP contribution in [0.1, 0.15) is 5.69 Å². The van der Waals surface area contributed by atoms with E-state index in [9.17, 15) is 4.79 Å². The van der Waals surface area contributed by atoms with Gasteiger partial charge < -0.3 is 9.63 Å². The number of hydrogen-bond donors (Lipinski definition) is 2. The summed E-state index contributed by atoms with van der Waals surface area (Å²) in [4.78, 5) is 14.7. The zero-order valence-electron chi connectivity index (χ0n) is 8.02. The molecule has 0 aliphatic heterocycles. The van der Waals surface area contributed by atoms with Crippen LogP contribution < -0.4 is 5.32 Å². The topological polar surface area (TPSA) is 88.3 Å². The van der Waals surface area contributed by atoms with Crippen LogP contribution in [0.2, 0.25) is 0 Å². The van der Waals surface area contributed by atoms with Crippen molar-refractivity contribution in [2.24, 2.45) is 0 Å². The number of carbonyl (C=O) groups is 1. The van der Waals surface area contributed by atoms with Crippen LogP contribution in [0.3, 0.4) is 0 Å². The van der Waals surface area contributed by atoms with Gasteiger partial charge in [0.05, 0.1) is 0 Å². The molecule has 6 nitrogen and oxygen atoms in total. The van der Waals surface area contributed by atoms with Crippen LogP contribution in [-0.4, -0.2) is 21.3 Å². The van der Waals surface area contributed by atoms with E-state index in [0.717, 1.165) is 0 Å². The first-order chi connectivity index (χ1) is 7.58. The molecule has 0 aliphatic rings. The summed E-state index contributed by atoms with van der Waals surface area (Å²) in [5, 5.41) is 16.4. The quantitative estimate of drug-likeness (QED) is 0.890. The maximum Gasteiger partial charge on any atom is 0.409 e. The zero-order chi connectivity index (χ0) is 11.7. The lowest BCUT2D eigenvalue weighted by atomic mass is 10.2. The molecule has 2 aromatic heterocycles. The first-order valence-electron chi connectivity index (χ1n) is 4.15. The largest absolute Gasteiger partial charge is 0.465 e. The van der Waals surface area contributed by atoms with E-state index in [1.807, 2.05) is 0 Å². The number of nitrogens with zero attached hydrogens (tertiary/aromatic N) is 2. The van der Waals surface area contributed by atoms with Crippen molar-refractivity contribution >= 4 is 39.0 Å². The number of rotatable bonds is 2. The van der Waals surface area contributed by atoms with Gasteiger partial charge in [0.2, 0.25) is 5.76 Å². The number of carboxylic acid groups (broad SMARTS) is 1. The number of anilines is 1. The lowest BCUT2D eigenvalue weighted by Crippen LogP contribution is -2.08. The van der Waals surface area contributed by atoms with Gasteiger partial charge in [-0.15, -0.1) is 11.3 Å². The number of aryl methyl sites for hydroxylation is 1. The highest BCUT2D eigenvalue weighted by Gasteiger charge is 2.18. The van der Waals surface area contributed by atoms with E-state index in [1.54, 1.807) is 12.3 Å². The van der Waals surface area contributed by atoms with Crippen LogP contribution in [0.4, 0.5) is 10.5 Å². The molecule has 0 saturated carbocycles. The minimum Gasteiger partial charge on any atom is -0.465 e. The van der Waals surface area contributed by atoms with Gasteiger partial charge in [0, 0.05) is 5.38 Å². The van der Waals surface area contributed by atoms with Gasteiger partial charge in [0.1, 0.15) is 17.1 Å². The van der Waals surface area contributed by atoms with Crippen LogP contribution in [-0.2, 0) is 0 Å². The summed E-state index contributed by atoms with van der Waals surface area (Å²) >= 11 is 4.60. The second kappa shape index (κ2) is 4.22. The summed E-state index contributed by atoms with van der Waals surface area (Å²) in [7, 11) is 0. The van der Waals surface area contributed by atoms with E-state index in [0.29, 0.717) is 26.8 Å². The lowest BCUT2D eigenvalue weighted by Gasteiger charge is -1.98. The Morgan fingerprint density at radius 3 is 3.00 bits per heavy atom. The second-order valence-corrected chi connectivity index (χ2v) is 5.02. The fourth-order valence-electron chi connectivity index (χ4n) is 1.15. The fourth-order valence-corrected chi connectivity index (χ4v) is 2.15. The number of amides is 1. The van der Waals surface area contributed by atoms with Crippen molar-refractivity contribution in [3.8, 4) is 11.5 Å². The minimum atomic E-state index is -1.16. The van der Waals surface area contributed by atoms with Crippen molar-refractivity contribution in [3.63, 3.8) is 0 Å². The molecular formula is C8H6BrN3O3S. The summed E-state index contributed by atoms with van der Waals surface area (Å²) in [5.41, 5.74) is 1.34. The van der Waals surface area contributed by atoms with Gasteiger partial charge in [-0.1, -0.05) is 5.16 Å². The molecule has 0 fully saturated rings. The first kappa shape index (κ1) is 11.1. The third-order valence-corrected chi connectivity index (χ3v) is 3.17. The van der Waals surface area contributed by atoms with Gasteiger partial charge in [0.15, 0.2) is 3.92 Å². The monoisotopic (exact) mass is 303 g/mol. The number of thiazole rings is 1. The van der Waals surface area contributed by atoms with Gasteiger partial charge in [0.25, 0.3) is 0 Å². The average Bonchev–Trinajstić information content (AvgIpc) is 2.75. The molecule has 0 atom stereocenters. The molecule has 2 heterocycles. The van der Waals surface area contributed by atoms with Gasteiger partial charge >= 0.3 is 6.09 Å².